The lowest BCUT2D eigenvalue weighted by Crippen LogP contribution is -2.42. The molecular formula is C12H21N3O2S. The number of hydrogen-bond donors (Lipinski definition) is 3. The third kappa shape index (κ3) is 4.62. The van der Waals surface area contributed by atoms with Crippen molar-refractivity contribution in [3.8, 4) is 0 Å². The van der Waals surface area contributed by atoms with E-state index in [9.17, 15) is 4.79 Å². The van der Waals surface area contributed by atoms with E-state index >= 15 is 0 Å². The Morgan fingerprint density at radius 1 is 1.56 bits per heavy atom. The summed E-state index contributed by atoms with van der Waals surface area (Å²) in [6, 6.07) is -0.535. The molecule has 0 aromatic carbocycles. The highest BCUT2D eigenvalue weighted by atomic mass is 32.1. The number of nitrogens with one attached hydrogen (secondary N) is 2. The Hall–Kier alpha value is -1.14. The molecule has 1 aromatic heterocycles. The number of urea groups is 1. The van der Waals surface area contributed by atoms with Crippen LogP contribution in [0.2, 0.25) is 0 Å². The SMILES string of the molecule is CC(CO)NC(=O)NCc1csc(C(C)(C)C)n1. The predicted octanol–water partition coefficient (Wildman–Crippen LogP) is 1.62. The van der Waals surface area contributed by atoms with Gasteiger partial charge in [-0.25, -0.2) is 9.78 Å². The van der Waals surface area contributed by atoms with E-state index in [1.54, 1.807) is 18.3 Å². The van der Waals surface area contributed by atoms with Crippen LogP contribution in [0.5, 0.6) is 0 Å². The van der Waals surface area contributed by atoms with E-state index in [-0.39, 0.29) is 24.1 Å². The number of hydrogen-bond acceptors (Lipinski definition) is 4. The summed E-state index contributed by atoms with van der Waals surface area (Å²) in [4.78, 5) is 15.9. The highest BCUT2D eigenvalue weighted by molar-refractivity contribution is 7.09. The first-order chi connectivity index (χ1) is 8.32. The van der Waals surface area contributed by atoms with Crippen LogP contribution < -0.4 is 10.6 Å². The van der Waals surface area contributed by atoms with Crippen LogP contribution >= 0.6 is 11.3 Å². The average molecular weight is 271 g/mol. The molecule has 0 aliphatic carbocycles. The van der Waals surface area contributed by atoms with Crippen molar-refractivity contribution >= 4 is 17.4 Å². The summed E-state index contributed by atoms with van der Waals surface area (Å²) in [6.07, 6.45) is 0. The first-order valence-corrected chi connectivity index (χ1v) is 6.81. The van der Waals surface area contributed by atoms with E-state index in [4.69, 9.17) is 5.11 Å². The van der Waals surface area contributed by atoms with E-state index in [2.05, 4.69) is 36.4 Å². The maximum Gasteiger partial charge on any atom is 0.315 e. The number of carbonyl (C=O) groups excluding carboxylic acids is 1. The van der Waals surface area contributed by atoms with Crippen molar-refractivity contribution in [3.05, 3.63) is 16.1 Å². The first kappa shape index (κ1) is 14.9. The number of aromatic nitrogens is 1. The summed E-state index contributed by atoms with van der Waals surface area (Å²) in [5, 5.41) is 17.1. The summed E-state index contributed by atoms with van der Waals surface area (Å²) in [7, 11) is 0. The Bertz CT molecular complexity index is 398. The molecule has 1 atom stereocenters. The Kier molecular flexibility index (Phi) is 5.10. The van der Waals surface area contributed by atoms with Gasteiger partial charge in [-0.05, 0) is 6.92 Å². The van der Waals surface area contributed by atoms with E-state index in [0.29, 0.717) is 6.54 Å². The van der Waals surface area contributed by atoms with Crippen LogP contribution in [0.3, 0.4) is 0 Å². The number of thiazole rings is 1. The van der Waals surface area contributed by atoms with Crippen molar-refractivity contribution in [1.82, 2.24) is 15.6 Å². The van der Waals surface area contributed by atoms with Crippen LogP contribution in [0.25, 0.3) is 0 Å². The zero-order valence-corrected chi connectivity index (χ0v) is 12.1. The third-order valence-corrected chi connectivity index (χ3v) is 3.59. The molecule has 18 heavy (non-hydrogen) atoms. The first-order valence-electron chi connectivity index (χ1n) is 5.93. The van der Waals surface area contributed by atoms with Gasteiger partial charge >= 0.3 is 6.03 Å². The largest absolute Gasteiger partial charge is 0.394 e. The predicted molar refractivity (Wildman–Crippen MR) is 72.7 cm³/mol. The second-order valence-electron chi connectivity index (χ2n) is 5.30. The lowest BCUT2D eigenvalue weighted by molar-refractivity contribution is 0.220. The molecule has 0 saturated heterocycles. The summed E-state index contributed by atoms with van der Waals surface area (Å²) in [5.74, 6) is 0. The molecule has 1 heterocycles. The van der Waals surface area contributed by atoms with Crippen molar-refractivity contribution in [1.29, 1.82) is 0 Å². The van der Waals surface area contributed by atoms with Crippen molar-refractivity contribution < 1.29 is 9.90 Å². The van der Waals surface area contributed by atoms with Gasteiger partial charge in [0.05, 0.1) is 29.9 Å². The van der Waals surface area contributed by atoms with Gasteiger partial charge in [-0.2, -0.15) is 0 Å². The van der Waals surface area contributed by atoms with Gasteiger partial charge in [0.25, 0.3) is 0 Å². The third-order valence-electron chi connectivity index (χ3n) is 2.27. The molecule has 1 aromatic rings. The fraction of sp³-hybridized carbons (Fsp3) is 0.667. The lowest BCUT2D eigenvalue weighted by Gasteiger charge is -2.13. The van der Waals surface area contributed by atoms with Gasteiger partial charge in [0.2, 0.25) is 0 Å². The number of aliphatic hydroxyl groups excluding tert-OH is 1. The quantitative estimate of drug-likeness (QED) is 0.779. The minimum Gasteiger partial charge on any atom is -0.394 e. The molecule has 102 valence electrons. The molecule has 1 rings (SSSR count). The average Bonchev–Trinajstić information content (AvgIpc) is 2.74. The van der Waals surface area contributed by atoms with Crippen molar-refractivity contribution in [3.63, 3.8) is 0 Å². The van der Waals surface area contributed by atoms with Gasteiger partial charge in [-0.1, -0.05) is 20.8 Å². The standard InChI is InChI=1S/C12H21N3O2S/c1-8(6-16)14-11(17)13-5-9-7-18-10(15-9)12(2,3)4/h7-8,16H,5-6H2,1-4H3,(H2,13,14,17). The second-order valence-corrected chi connectivity index (χ2v) is 6.16. The van der Waals surface area contributed by atoms with E-state index in [0.717, 1.165) is 10.7 Å². The molecule has 0 aliphatic heterocycles. The molecule has 5 nitrogen and oxygen atoms in total. The van der Waals surface area contributed by atoms with E-state index in [1.165, 1.54) is 0 Å². The second kappa shape index (κ2) is 6.15. The maximum absolute atomic E-state index is 11.4. The van der Waals surface area contributed by atoms with Crippen LogP contribution in [-0.2, 0) is 12.0 Å². The zero-order chi connectivity index (χ0) is 13.8. The van der Waals surface area contributed by atoms with Crippen molar-refractivity contribution in [2.45, 2.75) is 45.7 Å². The highest BCUT2D eigenvalue weighted by Gasteiger charge is 2.18. The number of nitrogens with zero attached hydrogens (tertiary/aromatic N) is 1. The van der Waals surface area contributed by atoms with Crippen molar-refractivity contribution in [2.75, 3.05) is 6.61 Å². The number of aliphatic hydroxyl groups is 1. The number of rotatable bonds is 4. The van der Waals surface area contributed by atoms with Gasteiger partial charge < -0.3 is 15.7 Å². The molecule has 0 bridgehead atoms. The molecule has 0 aliphatic rings. The zero-order valence-electron chi connectivity index (χ0n) is 11.3. The van der Waals surface area contributed by atoms with E-state index < -0.39 is 0 Å². The Morgan fingerprint density at radius 2 is 2.22 bits per heavy atom. The van der Waals surface area contributed by atoms with Gasteiger partial charge in [-0.3, -0.25) is 0 Å². The normalized spacial score (nSPS) is 13.2. The molecule has 0 spiro atoms. The van der Waals surface area contributed by atoms with Crippen LogP contribution in [-0.4, -0.2) is 28.8 Å². The minimum absolute atomic E-state index is 0.0383. The molecule has 0 fully saturated rings. The molecular weight excluding hydrogens is 250 g/mol. The molecule has 3 N–H and O–H groups in total. The van der Waals surface area contributed by atoms with Crippen LogP contribution in [0.1, 0.15) is 38.4 Å². The molecule has 0 radical (unpaired) electrons. The molecule has 6 heteroatoms. The highest BCUT2D eigenvalue weighted by Crippen LogP contribution is 2.25. The smallest absolute Gasteiger partial charge is 0.315 e. The number of carbonyl (C=O) groups is 1. The van der Waals surface area contributed by atoms with Crippen LogP contribution in [0.15, 0.2) is 5.38 Å². The van der Waals surface area contributed by atoms with Gasteiger partial charge in [0, 0.05) is 10.8 Å². The lowest BCUT2D eigenvalue weighted by atomic mass is 9.98. The van der Waals surface area contributed by atoms with Crippen molar-refractivity contribution in [2.24, 2.45) is 0 Å². The van der Waals surface area contributed by atoms with Gasteiger partial charge in [0.1, 0.15) is 0 Å². The fourth-order valence-corrected chi connectivity index (χ4v) is 2.13. The molecule has 0 saturated carbocycles. The summed E-state index contributed by atoms with van der Waals surface area (Å²) in [6.45, 7) is 8.39. The minimum atomic E-state index is -0.290. The number of amides is 2. The van der Waals surface area contributed by atoms with Crippen LogP contribution in [0.4, 0.5) is 4.79 Å². The van der Waals surface area contributed by atoms with Gasteiger partial charge in [-0.15, -0.1) is 11.3 Å². The maximum atomic E-state index is 11.4. The van der Waals surface area contributed by atoms with Gasteiger partial charge in [0.15, 0.2) is 0 Å². The van der Waals surface area contributed by atoms with Crippen LogP contribution in [0, 0.1) is 0 Å². The monoisotopic (exact) mass is 271 g/mol. The summed E-state index contributed by atoms with van der Waals surface area (Å²) >= 11 is 1.60. The Labute approximate surface area is 112 Å². The topological polar surface area (TPSA) is 74.2 Å². The van der Waals surface area contributed by atoms with E-state index in [1.807, 2.05) is 5.38 Å². The Morgan fingerprint density at radius 3 is 2.72 bits per heavy atom. The summed E-state index contributed by atoms with van der Waals surface area (Å²) in [5.41, 5.74) is 0.896. The fourth-order valence-electron chi connectivity index (χ4n) is 1.22. The molecule has 2 amide bonds. The summed E-state index contributed by atoms with van der Waals surface area (Å²) < 4.78 is 0. The molecule has 1 unspecified atom stereocenters. The Balaban J connectivity index is 2.45.